The fourth-order valence-corrected chi connectivity index (χ4v) is 5.17. The van der Waals surface area contributed by atoms with E-state index in [1.165, 1.54) is 34.9 Å². The summed E-state index contributed by atoms with van der Waals surface area (Å²) in [7, 11) is 1.50. The number of methoxy groups -OCH3 is 1. The number of carbonyl (C=O) groups excluding carboxylic acids is 1. The minimum Gasteiger partial charge on any atom is -0.469 e. The Kier molecular flexibility index (Phi) is 3.46. The Morgan fingerprint density at radius 3 is 1.65 bits per heavy atom. The molecule has 3 aromatic carbocycles. The molecule has 0 heterocycles. The van der Waals surface area contributed by atoms with Gasteiger partial charge in [-0.2, -0.15) is 0 Å². The van der Waals surface area contributed by atoms with Crippen LogP contribution >= 0.6 is 0 Å². The Bertz CT molecular complexity index is 929. The molecule has 0 aromatic heterocycles. The van der Waals surface area contributed by atoms with E-state index < -0.39 is 0 Å². The largest absolute Gasteiger partial charge is 0.469 e. The van der Waals surface area contributed by atoms with E-state index in [9.17, 15) is 4.79 Å². The second kappa shape index (κ2) is 5.84. The molecule has 0 saturated carbocycles. The summed E-state index contributed by atoms with van der Waals surface area (Å²) in [6.07, 6.45) is 0. The summed E-state index contributed by atoms with van der Waals surface area (Å²) in [4.78, 5) is 12.9. The van der Waals surface area contributed by atoms with Gasteiger partial charge in [-0.1, -0.05) is 78.9 Å². The molecule has 0 fully saturated rings. The Labute approximate surface area is 153 Å². The lowest BCUT2D eigenvalue weighted by Crippen LogP contribution is -2.42. The molecular weight excluding hydrogens is 320 g/mol. The fraction of sp³-hybridized carbons (Fsp3) is 0.208. The second-order valence-corrected chi connectivity index (χ2v) is 7.20. The van der Waals surface area contributed by atoms with E-state index in [0.717, 1.165) is 0 Å². The summed E-state index contributed by atoms with van der Waals surface area (Å²) in [5, 5.41) is 0. The average Bonchev–Trinajstić information content (AvgIpc) is 2.73. The second-order valence-electron chi connectivity index (χ2n) is 7.20. The standard InChI is InChI=1S/C24H20O2/c1-26-24(25)23-20(15-9-3-2-4-10-15)21-16-11-5-7-13-18(16)22(23)19-14-8-6-12-17(19)21/h2-14,20-23H,1H3/t20-,21?,22?,23-/m1/s1. The van der Waals surface area contributed by atoms with Gasteiger partial charge in [0.25, 0.3) is 0 Å². The SMILES string of the molecule is COC(=O)[C@H]1C2c3ccccc3C(c3ccccc32)[C@H]1c1ccccc1. The van der Waals surface area contributed by atoms with Gasteiger partial charge in [-0.25, -0.2) is 0 Å². The van der Waals surface area contributed by atoms with Crippen LogP contribution in [-0.4, -0.2) is 13.1 Å². The zero-order chi connectivity index (χ0) is 17.7. The molecule has 3 aliphatic carbocycles. The topological polar surface area (TPSA) is 26.3 Å². The van der Waals surface area contributed by atoms with Crippen molar-refractivity contribution in [2.75, 3.05) is 7.11 Å². The third-order valence-electron chi connectivity index (χ3n) is 6.10. The first-order valence-corrected chi connectivity index (χ1v) is 9.11. The molecule has 0 unspecified atom stereocenters. The van der Waals surface area contributed by atoms with Crippen molar-refractivity contribution in [1.29, 1.82) is 0 Å². The first-order valence-electron chi connectivity index (χ1n) is 9.11. The van der Waals surface area contributed by atoms with E-state index in [4.69, 9.17) is 4.74 Å². The van der Waals surface area contributed by atoms with Crippen LogP contribution in [0.1, 0.15) is 45.6 Å². The number of benzene rings is 3. The molecule has 128 valence electrons. The normalized spacial score (nSPS) is 25.3. The van der Waals surface area contributed by atoms with Crippen molar-refractivity contribution in [2.24, 2.45) is 5.92 Å². The quantitative estimate of drug-likeness (QED) is 0.623. The first kappa shape index (κ1) is 15.4. The number of rotatable bonds is 2. The first-order chi connectivity index (χ1) is 12.8. The van der Waals surface area contributed by atoms with Gasteiger partial charge in [-0.3, -0.25) is 4.79 Å². The van der Waals surface area contributed by atoms with E-state index in [2.05, 4.69) is 72.8 Å². The van der Waals surface area contributed by atoms with Gasteiger partial charge in [0.1, 0.15) is 0 Å². The molecule has 2 atom stereocenters. The maximum absolute atomic E-state index is 12.9. The van der Waals surface area contributed by atoms with Crippen LogP contribution in [-0.2, 0) is 9.53 Å². The number of ether oxygens (including phenoxy) is 1. The van der Waals surface area contributed by atoms with Crippen molar-refractivity contribution in [1.82, 2.24) is 0 Å². The Morgan fingerprint density at radius 1 is 0.692 bits per heavy atom. The highest BCUT2D eigenvalue weighted by atomic mass is 16.5. The van der Waals surface area contributed by atoms with Gasteiger partial charge in [0.2, 0.25) is 0 Å². The highest BCUT2D eigenvalue weighted by molar-refractivity contribution is 5.79. The van der Waals surface area contributed by atoms with E-state index in [1.54, 1.807) is 0 Å². The monoisotopic (exact) mass is 340 g/mol. The van der Waals surface area contributed by atoms with E-state index in [1.807, 2.05) is 6.07 Å². The highest BCUT2D eigenvalue weighted by Gasteiger charge is 2.53. The third kappa shape index (κ3) is 2.02. The van der Waals surface area contributed by atoms with Gasteiger partial charge < -0.3 is 4.74 Å². The van der Waals surface area contributed by atoms with Crippen LogP contribution in [0.5, 0.6) is 0 Å². The van der Waals surface area contributed by atoms with Crippen LogP contribution in [0.25, 0.3) is 0 Å². The van der Waals surface area contributed by atoms with E-state index in [0.29, 0.717) is 0 Å². The zero-order valence-corrected chi connectivity index (χ0v) is 14.6. The number of hydrogen-bond donors (Lipinski definition) is 0. The summed E-state index contributed by atoms with van der Waals surface area (Å²) in [6, 6.07) is 27.6. The van der Waals surface area contributed by atoms with Gasteiger partial charge in [-0.05, 0) is 27.8 Å². The van der Waals surface area contributed by atoms with Crippen molar-refractivity contribution >= 4 is 5.97 Å². The average molecular weight is 340 g/mol. The van der Waals surface area contributed by atoms with Crippen LogP contribution in [0, 0.1) is 5.92 Å². The number of esters is 1. The Hall–Kier alpha value is -2.87. The molecule has 6 rings (SSSR count). The molecule has 0 saturated heterocycles. The van der Waals surface area contributed by atoms with Crippen LogP contribution in [0.3, 0.4) is 0 Å². The molecule has 3 aromatic rings. The number of fused-ring (bicyclic) bond motifs is 1. The lowest BCUT2D eigenvalue weighted by atomic mass is 9.53. The van der Waals surface area contributed by atoms with Gasteiger partial charge in [0, 0.05) is 17.8 Å². The van der Waals surface area contributed by atoms with Crippen molar-refractivity contribution in [2.45, 2.75) is 17.8 Å². The van der Waals surface area contributed by atoms with Crippen molar-refractivity contribution < 1.29 is 9.53 Å². The van der Waals surface area contributed by atoms with Crippen molar-refractivity contribution in [3.8, 4) is 0 Å². The Morgan fingerprint density at radius 2 is 1.15 bits per heavy atom. The summed E-state index contributed by atoms with van der Waals surface area (Å²) in [6.45, 7) is 0. The molecule has 0 radical (unpaired) electrons. The summed E-state index contributed by atoms with van der Waals surface area (Å²) in [5.74, 6) is 0.0115. The van der Waals surface area contributed by atoms with E-state index in [-0.39, 0.29) is 29.6 Å². The van der Waals surface area contributed by atoms with Crippen LogP contribution in [0.15, 0.2) is 78.9 Å². The maximum atomic E-state index is 12.9. The van der Waals surface area contributed by atoms with E-state index >= 15 is 0 Å². The van der Waals surface area contributed by atoms with Gasteiger partial charge in [0.15, 0.2) is 0 Å². The van der Waals surface area contributed by atoms with Crippen LogP contribution in [0.2, 0.25) is 0 Å². The maximum Gasteiger partial charge on any atom is 0.310 e. The number of hydrogen-bond acceptors (Lipinski definition) is 2. The molecule has 26 heavy (non-hydrogen) atoms. The summed E-state index contributed by atoms with van der Waals surface area (Å²) < 4.78 is 5.29. The molecule has 2 heteroatoms. The van der Waals surface area contributed by atoms with Gasteiger partial charge >= 0.3 is 5.97 Å². The van der Waals surface area contributed by atoms with Crippen LogP contribution < -0.4 is 0 Å². The minimum absolute atomic E-state index is 0.0463. The minimum atomic E-state index is -0.197. The Balaban J connectivity index is 1.82. The van der Waals surface area contributed by atoms with Crippen molar-refractivity contribution in [3.05, 3.63) is 107 Å². The summed E-state index contributed by atoms with van der Waals surface area (Å²) >= 11 is 0. The zero-order valence-electron chi connectivity index (χ0n) is 14.6. The molecule has 0 N–H and O–H groups in total. The molecule has 0 amide bonds. The van der Waals surface area contributed by atoms with Crippen molar-refractivity contribution in [3.63, 3.8) is 0 Å². The van der Waals surface area contributed by atoms with Gasteiger partial charge in [0.05, 0.1) is 13.0 Å². The van der Waals surface area contributed by atoms with Crippen LogP contribution in [0.4, 0.5) is 0 Å². The van der Waals surface area contributed by atoms with Gasteiger partial charge in [-0.15, -0.1) is 0 Å². The molecule has 0 spiro atoms. The lowest BCUT2D eigenvalue weighted by Gasteiger charge is -2.49. The third-order valence-corrected chi connectivity index (χ3v) is 6.10. The fourth-order valence-electron chi connectivity index (χ4n) is 5.17. The number of carbonyl (C=O) groups is 1. The molecule has 0 aliphatic heterocycles. The molecule has 2 nitrogen and oxygen atoms in total. The molecule has 3 aliphatic rings. The predicted octanol–water partition coefficient (Wildman–Crippen LogP) is 4.85. The molecular formula is C24H20O2. The summed E-state index contributed by atoms with van der Waals surface area (Å²) in [5.41, 5.74) is 6.47. The predicted molar refractivity (Wildman–Crippen MR) is 101 cm³/mol. The molecule has 2 bridgehead atoms. The smallest absolute Gasteiger partial charge is 0.310 e. The lowest BCUT2D eigenvalue weighted by molar-refractivity contribution is -0.147. The highest BCUT2D eigenvalue weighted by Crippen LogP contribution is 2.61.